The molecule has 1 aliphatic rings. The molecule has 1 saturated heterocycles. The number of hydrogen-bond donors (Lipinski definition) is 1. The zero-order valence-corrected chi connectivity index (χ0v) is 10.3. The van der Waals surface area contributed by atoms with E-state index in [0.29, 0.717) is 25.9 Å². The molecule has 1 aliphatic heterocycles. The number of carboxylic acids is 1. The zero-order chi connectivity index (χ0) is 12.2. The van der Waals surface area contributed by atoms with E-state index in [1.54, 1.807) is 6.92 Å². The van der Waals surface area contributed by atoms with Gasteiger partial charge < -0.3 is 9.84 Å². The predicted octanol–water partition coefficient (Wildman–Crippen LogP) is 0.693. The van der Waals surface area contributed by atoms with E-state index < -0.39 is 21.2 Å². The molecule has 0 aromatic heterocycles. The van der Waals surface area contributed by atoms with E-state index in [-0.39, 0.29) is 18.1 Å². The van der Waals surface area contributed by atoms with Crippen LogP contribution in [-0.2, 0) is 19.4 Å². The fourth-order valence-electron chi connectivity index (χ4n) is 1.85. The Morgan fingerprint density at radius 3 is 2.62 bits per heavy atom. The lowest BCUT2D eigenvalue weighted by atomic mass is 9.83. The molecule has 1 N–H and O–H groups in total. The summed E-state index contributed by atoms with van der Waals surface area (Å²) in [6.07, 6.45) is 1.25. The molecule has 1 rings (SSSR count). The van der Waals surface area contributed by atoms with Crippen molar-refractivity contribution in [1.29, 1.82) is 0 Å². The summed E-state index contributed by atoms with van der Waals surface area (Å²) >= 11 is 0. The Kier molecular flexibility index (Phi) is 4.32. The van der Waals surface area contributed by atoms with Crippen LogP contribution in [0.25, 0.3) is 0 Å². The smallest absolute Gasteiger partial charge is 0.312 e. The Labute approximate surface area is 95.7 Å². The molecule has 1 fully saturated rings. The van der Waals surface area contributed by atoms with E-state index in [0.717, 1.165) is 0 Å². The van der Waals surface area contributed by atoms with Gasteiger partial charge in [-0.05, 0) is 19.3 Å². The minimum absolute atomic E-state index is 0.0680. The molecule has 0 spiro atoms. The van der Waals surface area contributed by atoms with E-state index in [1.165, 1.54) is 0 Å². The number of aliphatic carboxylic acids is 1. The largest absolute Gasteiger partial charge is 0.481 e. The van der Waals surface area contributed by atoms with Crippen molar-refractivity contribution < 1.29 is 23.1 Å². The van der Waals surface area contributed by atoms with Crippen molar-refractivity contribution in [2.75, 3.05) is 24.7 Å². The van der Waals surface area contributed by atoms with Crippen LogP contribution in [-0.4, -0.2) is 44.2 Å². The summed E-state index contributed by atoms with van der Waals surface area (Å²) in [5.41, 5.74) is -0.858. The van der Waals surface area contributed by atoms with Crippen LogP contribution in [0.5, 0.6) is 0 Å². The monoisotopic (exact) mass is 250 g/mol. The minimum Gasteiger partial charge on any atom is -0.481 e. The van der Waals surface area contributed by atoms with Gasteiger partial charge in [-0.15, -0.1) is 0 Å². The third-order valence-electron chi connectivity index (χ3n) is 3.11. The SMILES string of the molecule is CCS(=O)(=O)CCCC1(C(=O)O)CCOC1. The number of ether oxygens (including phenoxy) is 1. The van der Waals surface area contributed by atoms with Gasteiger partial charge in [0.1, 0.15) is 9.84 Å². The van der Waals surface area contributed by atoms with Crippen molar-refractivity contribution in [3.63, 3.8) is 0 Å². The second-order valence-corrected chi connectivity index (χ2v) is 6.70. The second kappa shape index (κ2) is 5.14. The fourth-order valence-corrected chi connectivity index (χ4v) is 2.73. The lowest BCUT2D eigenvalue weighted by molar-refractivity contribution is -0.149. The molecule has 0 saturated carbocycles. The van der Waals surface area contributed by atoms with Crippen LogP contribution >= 0.6 is 0 Å². The van der Waals surface area contributed by atoms with E-state index in [4.69, 9.17) is 9.84 Å². The molecule has 1 heterocycles. The number of carbonyl (C=O) groups is 1. The maximum absolute atomic E-state index is 11.3. The van der Waals surface area contributed by atoms with Gasteiger partial charge in [-0.3, -0.25) is 4.79 Å². The molecular weight excluding hydrogens is 232 g/mol. The van der Waals surface area contributed by atoms with Crippen molar-refractivity contribution in [1.82, 2.24) is 0 Å². The first-order chi connectivity index (χ1) is 7.42. The standard InChI is InChI=1S/C10H18O5S/c1-2-16(13,14)7-3-4-10(9(11)12)5-6-15-8-10/h2-8H2,1H3,(H,11,12). The highest BCUT2D eigenvalue weighted by Gasteiger charge is 2.41. The molecule has 5 nitrogen and oxygen atoms in total. The highest BCUT2D eigenvalue weighted by atomic mass is 32.2. The summed E-state index contributed by atoms with van der Waals surface area (Å²) in [5, 5.41) is 9.12. The molecular formula is C10H18O5S. The van der Waals surface area contributed by atoms with Gasteiger partial charge in [-0.2, -0.15) is 0 Å². The van der Waals surface area contributed by atoms with E-state index in [1.807, 2.05) is 0 Å². The number of sulfone groups is 1. The molecule has 0 aromatic carbocycles. The first-order valence-corrected chi connectivity index (χ1v) is 7.25. The summed E-state index contributed by atoms with van der Waals surface area (Å²) in [5.74, 6) is -0.693. The highest BCUT2D eigenvalue weighted by molar-refractivity contribution is 7.91. The molecule has 1 atom stereocenters. The summed E-state index contributed by atoms with van der Waals surface area (Å²) in [4.78, 5) is 11.1. The van der Waals surface area contributed by atoms with Crippen LogP contribution in [0.3, 0.4) is 0 Å². The summed E-state index contributed by atoms with van der Waals surface area (Å²) in [6, 6.07) is 0. The Bertz CT molecular complexity index is 340. The van der Waals surface area contributed by atoms with Gasteiger partial charge in [-0.1, -0.05) is 6.92 Å². The van der Waals surface area contributed by atoms with Crippen LogP contribution in [0, 0.1) is 5.41 Å². The average Bonchev–Trinajstić information content (AvgIpc) is 2.67. The van der Waals surface area contributed by atoms with Gasteiger partial charge >= 0.3 is 5.97 Å². The van der Waals surface area contributed by atoms with Gasteiger partial charge in [0.2, 0.25) is 0 Å². The van der Waals surface area contributed by atoms with Gasteiger partial charge in [0.25, 0.3) is 0 Å². The maximum atomic E-state index is 11.3. The molecule has 1 unspecified atom stereocenters. The van der Waals surface area contributed by atoms with E-state index in [9.17, 15) is 13.2 Å². The van der Waals surface area contributed by atoms with Crippen LogP contribution in [0.15, 0.2) is 0 Å². The van der Waals surface area contributed by atoms with Crippen molar-refractivity contribution in [2.45, 2.75) is 26.2 Å². The molecule has 0 aromatic rings. The van der Waals surface area contributed by atoms with Gasteiger partial charge in [-0.25, -0.2) is 8.42 Å². The summed E-state index contributed by atoms with van der Waals surface area (Å²) in [7, 11) is -3.00. The molecule has 0 amide bonds. The van der Waals surface area contributed by atoms with Gasteiger partial charge in [0, 0.05) is 12.4 Å². The first-order valence-electron chi connectivity index (χ1n) is 5.43. The Morgan fingerprint density at radius 2 is 2.19 bits per heavy atom. The summed E-state index contributed by atoms with van der Waals surface area (Å²) < 4.78 is 27.6. The fraction of sp³-hybridized carbons (Fsp3) is 0.900. The molecule has 0 aliphatic carbocycles. The quantitative estimate of drug-likeness (QED) is 0.750. The third kappa shape index (κ3) is 3.18. The lowest BCUT2D eigenvalue weighted by Gasteiger charge is -2.21. The molecule has 94 valence electrons. The Hall–Kier alpha value is -0.620. The Morgan fingerprint density at radius 1 is 1.50 bits per heavy atom. The van der Waals surface area contributed by atoms with Crippen molar-refractivity contribution in [3.8, 4) is 0 Å². The molecule has 6 heteroatoms. The van der Waals surface area contributed by atoms with E-state index in [2.05, 4.69) is 0 Å². The van der Waals surface area contributed by atoms with Crippen molar-refractivity contribution in [3.05, 3.63) is 0 Å². The van der Waals surface area contributed by atoms with Crippen LogP contribution in [0.1, 0.15) is 26.2 Å². The van der Waals surface area contributed by atoms with Crippen LogP contribution < -0.4 is 0 Å². The molecule has 0 radical (unpaired) electrons. The van der Waals surface area contributed by atoms with Crippen molar-refractivity contribution >= 4 is 15.8 Å². The summed E-state index contributed by atoms with van der Waals surface area (Å²) in [6.45, 7) is 2.25. The maximum Gasteiger partial charge on any atom is 0.312 e. The molecule has 16 heavy (non-hydrogen) atoms. The predicted molar refractivity (Wildman–Crippen MR) is 59.1 cm³/mol. The second-order valence-electron chi connectivity index (χ2n) is 4.23. The Balaban J connectivity index is 2.49. The van der Waals surface area contributed by atoms with Crippen LogP contribution in [0.2, 0.25) is 0 Å². The molecule has 0 bridgehead atoms. The van der Waals surface area contributed by atoms with Crippen molar-refractivity contribution in [2.24, 2.45) is 5.41 Å². The normalized spacial score (nSPS) is 25.8. The number of carboxylic acid groups (broad SMARTS) is 1. The lowest BCUT2D eigenvalue weighted by Crippen LogP contribution is -2.32. The minimum atomic E-state index is -3.00. The zero-order valence-electron chi connectivity index (χ0n) is 9.44. The van der Waals surface area contributed by atoms with E-state index >= 15 is 0 Å². The number of rotatable bonds is 6. The average molecular weight is 250 g/mol. The highest BCUT2D eigenvalue weighted by Crippen LogP contribution is 2.34. The first kappa shape index (κ1) is 13.4. The van der Waals surface area contributed by atoms with Gasteiger partial charge in [0.15, 0.2) is 0 Å². The third-order valence-corrected chi connectivity index (χ3v) is 4.90. The van der Waals surface area contributed by atoms with Crippen LogP contribution in [0.4, 0.5) is 0 Å². The van der Waals surface area contributed by atoms with Gasteiger partial charge in [0.05, 0.1) is 17.8 Å². The number of hydrogen-bond acceptors (Lipinski definition) is 4. The topological polar surface area (TPSA) is 80.7 Å².